The first-order valence-electron chi connectivity index (χ1n) is 7.59. The average Bonchev–Trinajstić information content (AvgIpc) is 2.44. The standard InChI is InChI=1S/C17H25ClN2O2/c1-10(2)12(5)19-17(22)15(11(3)4)20-16(21)13-8-6-7-9-14(13)18/h6-12,15H,1-5H3,(H,19,22)(H,20,21). The van der Waals surface area contributed by atoms with Crippen molar-refractivity contribution < 1.29 is 9.59 Å². The highest BCUT2D eigenvalue weighted by molar-refractivity contribution is 6.33. The van der Waals surface area contributed by atoms with Crippen molar-refractivity contribution in [1.29, 1.82) is 0 Å². The number of nitrogens with one attached hydrogen (secondary N) is 2. The summed E-state index contributed by atoms with van der Waals surface area (Å²) in [4.78, 5) is 24.7. The minimum Gasteiger partial charge on any atom is -0.352 e. The Hall–Kier alpha value is -1.55. The van der Waals surface area contributed by atoms with Crippen molar-refractivity contribution in [1.82, 2.24) is 10.6 Å². The average molecular weight is 325 g/mol. The van der Waals surface area contributed by atoms with E-state index in [4.69, 9.17) is 11.6 Å². The van der Waals surface area contributed by atoms with Crippen LogP contribution in [0.1, 0.15) is 45.0 Å². The molecule has 0 aliphatic heterocycles. The van der Waals surface area contributed by atoms with Gasteiger partial charge in [0.2, 0.25) is 5.91 Å². The van der Waals surface area contributed by atoms with Gasteiger partial charge in [0.25, 0.3) is 5.91 Å². The third kappa shape index (κ3) is 5.02. The van der Waals surface area contributed by atoms with Crippen LogP contribution in [-0.2, 0) is 4.79 Å². The molecule has 0 aliphatic carbocycles. The first-order chi connectivity index (χ1) is 10.2. The van der Waals surface area contributed by atoms with Crippen LogP contribution in [-0.4, -0.2) is 23.9 Å². The summed E-state index contributed by atoms with van der Waals surface area (Å²) in [6.45, 7) is 9.83. The maximum atomic E-state index is 12.4. The summed E-state index contributed by atoms with van der Waals surface area (Å²) < 4.78 is 0. The Morgan fingerprint density at radius 1 is 0.955 bits per heavy atom. The molecule has 4 nitrogen and oxygen atoms in total. The largest absolute Gasteiger partial charge is 0.352 e. The van der Waals surface area contributed by atoms with Crippen LogP contribution in [0.25, 0.3) is 0 Å². The molecule has 1 aromatic rings. The number of carbonyl (C=O) groups is 2. The Labute approximate surface area is 137 Å². The normalized spacial score (nSPS) is 13.8. The summed E-state index contributed by atoms with van der Waals surface area (Å²) in [5, 5.41) is 6.10. The lowest BCUT2D eigenvalue weighted by atomic mass is 10.0. The van der Waals surface area contributed by atoms with Gasteiger partial charge in [0.05, 0.1) is 10.6 Å². The van der Waals surface area contributed by atoms with E-state index in [9.17, 15) is 9.59 Å². The molecule has 5 heteroatoms. The third-order valence-corrected chi connectivity index (χ3v) is 4.05. The molecule has 22 heavy (non-hydrogen) atoms. The maximum absolute atomic E-state index is 12.4. The molecular formula is C17H25ClN2O2. The van der Waals surface area contributed by atoms with Crippen molar-refractivity contribution >= 4 is 23.4 Å². The van der Waals surface area contributed by atoms with Gasteiger partial charge in [-0.3, -0.25) is 9.59 Å². The third-order valence-electron chi connectivity index (χ3n) is 3.72. The molecule has 0 spiro atoms. The molecule has 2 amide bonds. The number of rotatable bonds is 6. The zero-order valence-corrected chi connectivity index (χ0v) is 14.6. The lowest BCUT2D eigenvalue weighted by Crippen LogP contribution is -2.52. The Morgan fingerprint density at radius 3 is 2.05 bits per heavy atom. The lowest BCUT2D eigenvalue weighted by Gasteiger charge is -2.25. The van der Waals surface area contributed by atoms with Crippen molar-refractivity contribution in [3.05, 3.63) is 34.9 Å². The SMILES string of the molecule is CC(C)C(C)NC(=O)C(NC(=O)c1ccccc1Cl)C(C)C. The summed E-state index contributed by atoms with van der Waals surface area (Å²) >= 11 is 6.03. The molecule has 0 heterocycles. The van der Waals surface area contributed by atoms with Crippen LogP contribution < -0.4 is 10.6 Å². The molecule has 1 rings (SSSR count). The summed E-state index contributed by atoms with van der Waals surface area (Å²) in [7, 11) is 0. The number of amides is 2. The Balaban J connectivity index is 2.82. The highest BCUT2D eigenvalue weighted by Crippen LogP contribution is 2.15. The summed E-state index contributed by atoms with van der Waals surface area (Å²) in [6, 6.07) is 6.25. The number of hydrogen-bond donors (Lipinski definition) is 2. The number of carbonyl (C=O) groups excluding carboxylic acids is 2. The molecule has 1 aromatic carbocycles. The van der Waals surface area contributed by atoms with Crippen molar-refractivity contribution in [2.45, 2.75) is 46.7 Å². The molecule has 0 bridgehead atoms. The van der Waals surface area contributed by atoms with E-state index in [1.54, 1.807) is 24.3 Å². The van der Waals surface area contributed by atoms with Crippen molar-refractivity contribution in [3.8, 4) is 0 Å². The van der Waals surface area contributed by atoms with Gasteiger partial charge in [-0.1, -0.05) is 51.4 Å². The topological polar surface area (TPSA) is 58.2 Å². The van der Waals surface area contributed by atoms with Gasteiger partial charge >= 0.3 is 0 Å². The van der Waals surface area contributed by atoms with E-state index in [0.717, 1.165) is 0 Å². The molecule has 2 N–H and O–H groups in total. The van der Waals surface area contributed by atoms with Crippen LogP contribution >= 0.6 is 11.6 Å². The Bertz CT molecular complexity index is 529. The molecule has 0 fully saturated rings. The Morgan fingerprint density at radius 2 is 1.55 bits per heavy atom. The fraction of sp³-hybridized carbons (Fsp3) is 0.529. The maximum Gasteiger partial charge on any atom is 0.253 e. The molecule has 0 radical (unpaired) electrons. The predicted molar refractivity (Wildman–Crippen MR) is 90.0 cm³/mol. The van der Waals surface area contributed by atoms with Crippen LogP contribution in [0.15, 0.2) is 24.3 Å². The second-order valence-electron chi connectivity index (χ2n) is 6.22. The van der Waals surface area contributed by atoms with Gasteiger partial charge in [0, 0.05) is 6.04 Å². The van der Waals surface area contributed by atoms with Crippen molar-refractivity contribution in [3.63, 3.8) is 0 Å². The number of hydrogen-bond acceptors (Lipinski definition) is 2. The van der Waals surface area contributed by atoms with Gasteiger partial charge in [0.15, 0.2) is 0 Å². The zero-order valence-electron chi connectivity index (χ0n) is 13.8. The van der Waals surface area contributed by atoms with Gasteiger partial charge in [-0.15, -0.1) is 0 Å². The molecule has 2 unspecified atom stereocenters. The smallest absolute Gasteiger partial charge is 0.253 e. The number of halogens is 1. The van der Waals surface area contributed by atoms with Crippen LogP contribution in [0.4, 0.5) is 0 Å². The first kappa shape index (κ1) is 18.5. The molecule has 2 atom stereocenters. The van der Waals surface area contributed by atoms with Gasteiger partial charge in [0.1, 0.15) is 6.04 Å². The van der Waals surface area contributed by atoms with Gasteiger partial charge in [-0.05, 0) is 30.9 Å². The minimum absolute atomic E-state index is 0.0224. The number of benzene rings is 1. The van der Waals surface area contributed by atoms with Gasteiger partial charge < -0.3 is 10.6 Å². The quantitative estimate of drug-likeness (QED) is 0.844. The van der Waals surface area contributed by atoms with Crippen molar-refractivity contribution in [2.75, 3.05) is 0 Å². The van der Waals surface area contributed by atoms with E-state index in [-0.39, 0.29) is 23.8 Å². The second kappa shape index (κ2) is 8.18. The molecular weight excluding hydrogens is 300 g/mol. The van der Waals surface area contributed by atoms with Crippen LogP contribution in [0.3, 0.4) is 0 Å². The van der Waals surface area contributed by atoms with E-state index in [1.165, 1.54) is 0 Å². The predicted octanol–water partition coefficient (Wildman–Crippen LogP) is 3.26. The van der Waals surface area contributed by atoms with E-state index in [2.05, 4.69) is 10.6 Å². The van der Waals surface area contributed by atoms with E-state index in [1.807, 2.05) is 34.6 Å². The molecule has 0 aliphatic rings. The summed E-state index contributed by atoms with van der Waals surface area (Å²) in [5.41, 5.74) is 0.375. The summed E-state index contributed by atoms with van der Waals surface area (Å²) in [6.07, 6.45) is 0. The van der Waals surface area contributed by atoms with E-state index < -0.39 is 6.04 Å². The Kier molecular flexibility index (Phi) is 6.88. The van der Waals surface area contributed by atoms with Crippen LogP contribution in [0.5, 0.6) is 0 Å². The van der Waals surface area contributed by atoms with Crippen molar-refractivity contribution in [2.24, 2.45) is 11.8 Å². The summed E-state index contributed by atoms with van der Waals surface area (Å²) in [5.74, 6) is -0.199. The monoisotopic (exact) mass is 324 g/mol. The van der Waals surface area contributed by atoms with Crippen LogP contribution in [0.2, 0.25) is 5.02 Å². The van der Waals surface area contributed by atoms with Gasteiger partial charge in [-0.25, -0.2) is 0 Å². The fourth-order valence-corrected chi connectivity index (χ4v) is 2.10. The van der Waals surface area contributed by atoms with E-state index in [0.29, 0.717) is 16.5 Å². The fourth-order valence-electron chi connectivity index (χ4n) is 1.88. The molecule has 0 saturated heterocycles. The molecule has 0 aromatic heterocycles. The molecule has 0 saturated carbocycles. The first-order valence-corrected chi connectivity index (χ1v) is 7.97. The lowest BCUT2D eigenvalue weighted by molar-refractivity contribution is -0.124. The zero-order chi connectivity index (χ0) is 16.9. The minimum atomic E-state index is -0.593. The van der Waals surface area contributed by atoms with E-state index >= 15 is 0 Å². The molecule has 122 valence electrons. The highest BCUT2D eigenvalue weighted by Gasteiger charge is 2.26. The second-order valence-corrected chi connectivity index (χ2v) is 6.62. The highest BCUT2D eigenvalue weighted by atomic mass is 35.5. The van der Waals surface area contributed by atoms with Crippen LogP contribution in [0, 0.1) is 11.8 Å². The van der Waals surface area contributed by atoms with Gasteiger partial charge in [-0.2, -0.15) is 0 Å².